The number of rotatable bonds is 0. The van der Waals surface area contributed by atoms with Crippen LogP contribution >= 0.6 is 11.6 Å². The van der Waals surface area contributed by atoms with Crippen molar-refractivity contribution in [2.75, 3.05) is 0 Å². The summed E-state index contributed by atoms with van der Waals surface area (Å²) in [5.41, 5.74) is -0.217. The van der Waals surface area contributed by atoms with Gasteiger partial charge in [-0.2, -0.15) is 5.26 Å². The van der Waals surface area contributed by atoms with Crippen LogP contribution in [0.3, 0.4) is 0 Å². The lowest BCUT2D eigenvalue weighted by Crippen LogP contribution is -1.92. The fraction of sp³-hybridized carbons (Fsp3) is 0.125. The highest BCUT2D eigenvalue weighted by Crippen LogP contribution is 2.24. The summed E-state index contributed by atoms with van der Waals surface area (Å²) in [5, 5.41) is 8.26. The summed E-state index contributed by atoms with van der Waals surface area (Å²) < 4.78 is 25.5. The topological polar surface area (TPSA) is 23.8 Å². The van der Waals surface area contributed by atoms with E-state index in [1.807, 2.05) is 0 Å². The van der Waals surface area contributed by atoms with Crippen molar-refractivity contribution >= 4 is 11.6 Å². The van der Waals surface area contributed by atoms with Gasteiger partial charge in [-0.25, -0.2) is 8.78 Å². The van der Waals surface area contributed by atoms with Crippen LogP contribution in [0.2, 0.25) is 5.02 Å². The lowest BCUT2D eigenvalue weighted by atomic mass is 10.1. The van der Waals surface area contributed by atoms with Crippen molar-refractivity contribution in [3.63, 3.8) is 0 Å². The molecule has 0 aromatic heterocycles. The van der Waals surface area contributed by atoms with Crippen molar-refractivity contribution in [3.8, 4) is 6.07 Å². The van der Waals surface area contributed by atoms with E-state index in [1.165, 1.54) is 6.92 Å². The van der Waals surface area contributed by atoms with Crippen molar-refractivity contribution in [2.24, 2.45) is 0 Å². The van der Waals surface area contributed by atoms with Gasteiger partial charge in [-0.1, -0.05) is 11.6 Å². The molecule has 62 valence electrons. The number of nitriles is 1. The normalized spacial score (nSPS) is 9.58. The van der Waals surface area contributed by atoms with E-state index in [0.717, 1.165) is 0 Å². The number of hydrogen-bond acceptors (Lipinski definition) is 1. The Morgan fingerprint density at radius 3 is 2.50 bits per heavy atom. The van der Waals surface area contributed by atoms with Crippen LogP contribution in [-0.4, -0.2) is 0 Å². The molecule has 1 rings (SSSR count). The summed E-state index contributed by atoms with van der Waals surface area (Å²) in [7, 11) is 0. The van der Waals surface area contributed by atoms with Crippen molar-refractivity contribution in [3.05, 3.63) is 33.9 Å². The van der Waals surface area contributed by atoms with Gasteiger partial charge in [0.05, 0.1) is 5.02 Å². The first kappa shape index (κ1) is 8.95. The van der Waals surface area contributed by atoms with Gasteiger partial charge >= 0.3 is 0 Å². The Labute approximate surface area is 73.2 Å². The third-order valence-corrected chi connectivity index (χ3v) is 1.98. The molecule has 0 unspecified atom stereocenters. The monoisotopic (exact) mass is 187 g/mol. The lowest BCUT2D eigenvalue weighted by molar-refractivity contribution is 0.575. The maximum Gasteiger partial charge on any atom is 0.145 e. The second-order valence-corrected chi connectivity index (χ2v) is 2.64. The van der Waals surface area contributed by atoms with E-state index < -0.39 is 11.6 Å². The molecule has 0 saturated heterocycles. The van der Waals surface area contributed by atoms with Gasteiger partial charge in [0.15, 0.2) is 0 Å². The zero-order valence-corrected chi connectivity index (χ0v) is 6.91. The first-order valence-electron chi connectivity index (χ1n) is 3.12. The first-order chi connectivity index (χ1) is 5.57. The zero-order valence-electron chi connectivity index (χ0n) is 6.16. The average Bonchev–Trinajstić information content (AvgIpc) is 2.01. The molecule has 0 heterocycles. The summed E-state index contributed by atoms with van der Waals surface area (Å²) in [4.78, 5) is 0. The van der Waals surface area contributed by atoms with Crippen LogP contribution in [0, 0.1) is 29.9 Å². The van der Waals surface area contributed by atoms with Gasteiger partial charge in [-0.3, -0.25) is 0 Å². The van der Waals surface area contributed by atoms with Crippen LogP contribution in [0.25, 0.3) is 0 Å². The van der Waals surface area contributed by atoms with Crippen LogP contribution in [0.15, 0.2) is 6.07 Å². The molecule has 0 aliphatic heterocycles. The Hall–Kier alpha value is -1.14. The van der Waals surface area contributed by atoms with Crippen LogP contribution < -0.4 is 0 Å². The Morgan fingerprint density at radius 2 is 2.00 bits per heavy atom. The molecule has 0 amide bonds. The molecule has 0 saturated carbocycles. The minimum absolute atomic E-state index is 0.0922. The fourth-order valence-electron chi connectivity index (χ4n) is 0.791. The van der Waals surface area contributed by atoms with Gasteiger partial charge in [-0.05, 0) is 6.92 Å². The molecule has 0 bridgehead atoms. The quantitative estimate of drug-likeness (QED) is 0.613. The summed E-state index contributed by atoms with van der Waals surface area (Å²) >= 11 is 5.50. The molecule has 1 aromatic carbocycles. The molecular formula is C8H4ClF2N. The fourth-order valence-corrected chi connectivity index (χ4v) is 1.01. The Morgan fingerprint density at radius 1 is 1.42 bits per heavy atom. The largest absolute Gasteiger partial charge is 0.207 e. The highest BCUT2D eigenvalue weighted by atomic mass is 35.5. The Balaban J connectivity index is 3.54. The molecule has 0 aliphatic rings. The van der Waals surface area contributed by atoms with Gasteiger partial charge in [-0.15, -0.1) is 0 Å². The van der Waals surface area contributed by atoms with Crippen LogP contribution in [-0.2, 0) is 0 Å². The molecule has 4 heteroatoms. The van der Waals surface area contributed by atoms with E-state index in [-0.39, 0.29) is 16.1 Å². The van der Waals surface area contributed by atoms with E-state index in [1.54, 1.807) is 6.07 Å². The number of halogens is 3. The summed E-state index contributed by atoms with van der Waals surface area (Å²) in [6.45, 7) is 1.39. The number of nitrogens with zero attached hydrogens (tertiary/aromatic N) is 1. The average molecular weight is 188 g/mol. The third kappa shape index (κ3) is 1.26. The van der Waals surface area contributed by atoms with E-state index in [0.29, 0.717) is 6.07 Å². The summed E-state index contributed by atoms with van der Waals surface area (Å²) in [6, 6.07) is 2.21. The third-order valence-electron chi connectivity index (χ3n) is 1.51. The molecule has 1 nitrogen and oxygen atoms in total. The molecule has 0 N–H and O–H groups in total. The molecule has 1 aromatic rings. The van der Waals surface area contributed by atoms with Crippen LogP contribution in [0.4, 0.5) is 8.78 Å². The van der Waals surface area contributed by atoms with Gasteiger partial charge in [0.1, 0.15) is 23.3 Å². The van der Waals surface area contributed by atoms with Crippen molar-refractivity contribution in [2.45, 2.75) is 6.92 Å². The minimum atomic E-state index is -0.925. The van der Waals surface area contributed by atoms with E-state index in [9.17, 15) is 8.78 Å². The molecular weight excluding hydrogens is 184 g/mol. The van der Waals surface area contributed by atoms with Crippen molar-refractivity contribution in [1.29, 1.82) is 5.26 Å². The van der Waals surface area contributed by atoms with Gasteiger partial charge in [0.2, 0.25) is 0 Å². The zero-order chi connectivity index (χ0) is 9.30. The first-order valence-corrected chi connectivity index (χ1v) is 3.50. The standard InChI is InChI=1S/C8H4ClF2N/c1-4-6(10)2-7(11)5(3-12)8(4)9/h2H,1H3. The minimum Gasteiger partial charge on any atom is -0.207 e. The number of hydrogen-bond donors (Lipinski definition) is 0. The molecule has 0 fully saturated rings. The second-order valence-electron chi connectivity index (χ2n) is 2.27. The maximum absolute atomic E-state index is 12.7. The van der Waals surface area contributed by atoms with Crippen molar-refractivity contribution < 1.29 is 8.78 Å². The van der Waals surface area contributed by atoms with Crippen LogP contribution in [0.5, 0.6) is 0 Å². The van der Waals surface area contributed by atoms with Crippen LogP contribution in [0.1, 0.15) is 11.1 Å². The Bertz CT molecular complexity index is 368. The molecule has 0 radical (unpaired) electrons. The molecule has 12 heavy (non-hydrogen) atoms. The lowest BCUT2D eigenvalue weighted by Gasteiger charge is -2.01. The molecule has 0 aliphatic carbocycles. The molecule has 0 spiro atoms. The predicted octanol–water partition coefficient (Wildman–Crippen LogP) is 2.80. The highest BCUT2D eigenvalue weighted by Gasteiger charge is 2.13. The van der Waals surface area contributed by atoms with E-state index in [2.05, 4.69) is 0 Å². The van der Waals surface area contributed by atoms with Crippen molar-refractivity contribution in [1.82, 2.24) is 0 Å². The van der Waals surface area contributed by atoms with E-state index in [4.69, 9.17) is 16.9 Å². The van der Waals surface area contributed by atoms with Gasteiger partial charge in [0.25, 0.3) is 0 Å². The SMILES string of the molecule is Cc1c(F)cc(F)c(C#N)c1Cl. The molecule has 0 atom stereocenters. The predicted molar refractivity (Wildman–Crippen MR) is 40.8 cm³/mol. The smallest absolute Gasteiger partial charge is 0.145 e. The summed E-state index contributed by atoms with van der Waals surface area (Å²) in [5.74, 6) is -1.66. The maximum atomic E-state index is 12.7. The second kappa shape index (κ2) is 3.08. The van der Waals surface area contributed by atoms with Gasteiger partial charge < -0.3 is 0 Å². The summed E-state index contributed by atoms with van der Waals surface area (Å²) in [6.07, 6.45) is 0. The van der Waals surface area contributed by atoms with E-state index >= 15 is 0 Å². The Kier molecular flexibility index (Phi) is 2.30. The van der Waals surface area contributed by atoms with Gasteiger partial charge in [0, 0.05) is 11.6 Å². The number of benzene rings is 1. The highest BCUT2D eigenvalue weighted by molar-refractivity contribution is 6.32.